The van der Waals surface area contributed by atoms with Gasteiger partial charge >= 0.3 is 0 Å². The summed E-state index contributed by atoms with van der Waals surface area (Å²) in [5, 5.41) is 16.1. The second-order valence-electron chi connectivity index (χ2n) is 1.52. The van der Waals surface area contributed by atoms with Crippen LogP contribution in [-0.4, -0.2) is 5.48 Å². The van der Waals surface area contributed by atoms with Crippen molar-refractivity contribution in [2.24, 2.45) is 0 Å². The van der Waals surface area contributed by atoms with Crippen molar-refractivity contribution >= 4 is 0 Å². The Labute approximate surface area is 54.8 Å². The van der Waals surface area contributed by atoms with Crippen LogP contribution in [0.3, 0.4) is 0 Å². The van der Waals surface area contributed by atoms with Gasteiger partial charge in [0.2, 0.25) is 0 Å². The fourth-order valence-electron chi connectivity index (χ4n) is 0.408. The Bertz CT molecular complexity index is 104. The molecule has 50 valence electrons. The number of hydrogen-bond donors (Lipinski definition) is 0. The molecule has 0 aromatic heterocycles. The first-order valence-electron chi connectivity index (χ1n) is 2.65. The Balaban J connectivity index is 0. The molecule has 0 saturated carbocycles. The van der Waals surface area contributed by atoms with Crippen LogP contribution < -0.4 is 0 Å². The fourth-order valence-corrected chi connectivity index (χ4v) is 0.408. The Kier molecular flexibility index (Phi) is 12.1. The molecule has 0 saturated heterocycles. The quantitative estimate of drug-likeness (QED) is 0.523. The van der Waals surface area contributed by atoms with Gasteiger partial charge in [-0.2, -0.15) is 10.5 Å². The van der Waals surface area contributed by atoms with E-state index in [0.717, 1.165) is 12.8 Å². The number of rotatable bonds is 3. The third-order valence-corrected chi connectivity index (χ3v) is 0.827. The summed E-state index contributed by atoms with van der Waals surface area (Å²) in [7, 11) is 0. The van der Waals surface area contributed by atoms with Crippen LogP contribution in [0.1, 0.15) is 25.7 Å². The summed E-state index contributed by atoms with van der Waals surface area (Å²) in [6, 6.07) is 4.03. The lowest BCUT2D eigenvalue weighted by atomic mass is 10.2. The zero-order chi connectivity index (χ0) is 6.24. The highest BCUT2D eigenvalue weighted by Crippen LogP contribution is 1.95. The third kappa shape index (κ3) is 10.9. The first-order valence-corrected chi connectivity index (χ1v) is 2.65. The van der Waals surface area contributed by atoms with Crippen LogP contribution in [0.5, 0.6) is 0 Å². The van der Waals surface area contributed by atoms with E-state index >= 15 is 0 Å². The van der Waals surface area contributed by atoms with Gasteiger partial charge in [0.15, 0.2) is 0 Å². The van der Waals surface area contributed by atoms with Crippen molar-refractivity contribution < 1.29 is 5.48 Å². The van der Waals surface area contributed by atoms with Crippen molar-refractivity contribution in [3.63, 3.8) is 0 Å². The molecule has 3 nitrogen and oxygen atoms in total. The molecule has 0 aromatic rings. The molecule has 0 aromatic carbocycles. The first kappa shape index (κ1) is 10.8. The van der Waals surface area contributed by atoms with Crippen molar-refractivity contribution in [1.29, 1.82) is 10.5 Å². The van der Waals surface area contributed by atoms with Crippen LogP contribution in [0.15, 0.2) is 0 Å². The zero-order valence-electron chi connectivity index (χ0n) is 5.22. The highest BCUT2D eigenvalue weighted by Gasteiger charge is 1.83. The molecule has 0 unspecified atom stereocenters. The summed E-state index contributed by atoms with van der Waals surface area (Å²) in [6.45, 7) is 0. The van der Waals surface area contributed by atoms with E-state index < -0.39 is 0 Å². The lowest BCUT2D eigenvalue weighted by molar-refractivity contribution is 0.773. The van der Waals surface area contributed by atoms with E-state index in [4.69, 9.17) is 10.5 Å². The number of hydrogen-bond acceptors (Lipinski definition) is 2. The average molecular weight is 126 g/mol. The van der Waals surface area contributed by atoms with Crippen LogP contribution in [0, 0.1) is 22.7 Å². The van der Waals surface area contributed by atoms with Gasteiger partial charge in [-0.25, -0.2) is 0 Å². The van der Waals surface area contributed by atoms with E-state index in [1.165, 1.54) is 0 Å². The van der Waals surface area contributed by atoms with Gasteiger partial charge in [-0.05, 0) is 12.8 Å². The predicted octanol–water partition coefficient (Wildman–Crippen LogP) is 0.769. The molecule has 0 amide bonds. The summed E-state index contributed by atoms with van der Waals surface area (Å²) in [6.07, 6.45) is 2.90. The van der Waals surface area contributed by atoms with Crippen molar-refractivity contribution in [3.8, 4) is 12.1 Å². The average Bonchev–Trinajstić information content (AvgIpc) is 1.81. The van der Waals surface area contributed by atoms with E-state index in [2.05, 4.69) is 0 Å². The Morgan fingerprint density at radius 1 is 0.889 bits per heavy atom. The van der Waals surface area contributed by atoms with Gasteiger partial charge in [-0.3, -0.25) is 0 Å². The second-order valence-corrected chi connectivity index (χ2v) is 1.52. The molecule has 0 aliphatic rings. The Hall–Kier alpha value is -1.06. The topological polar surface area (TPSA) is 79.1 Å². The van der Waals surface area contributed by atoms with Gasteiger partial charge in [0.25, 0.3) is 0 Å². The van der Waals surface area contributed by atoms with Crippen LogP contribution >= 0.6 is 0 Å². The van der Waals surface area contributed by atoms with E-state index in [9.17, 15) is 0 Å². The molecular formula is C6H10N2O. The summed E-state index contributed by atoms with van der Waals surface area (Å²) in [5.74, 6) is 0. The molecule has 0 aliphatic carbocycles. The van der Waals surface area contributed by atoms with E-state index in [1.807, 2.05) is 12.1 Å². The zero-order valence-corrected chi connectivity index (χ0v) is 5.22. The van der Waals surface area contributed by atoms with E-state index in [-0.39, 0.29) is 5.48 Å². The van der Waals surface area contributed by atoms with Gasteiger partial charge in [-0.15, -0.1) is 0 Å². The first-order chi connectivity index (χ1) is 3.91. The molecule has 0 atom stereocenters. The normalized spacial score (nSPS) is 6.44. The molecule has 9 heavy (non-hydrogen) atoms. The maximum atomic E-state index is 8.03. The van der Waals surface area contributed by atoms with Crippen LogP contribution in [0.25, 0.3) is 0 Å². The predicted molar refractivity (Wildman–Crippen MR) is 33.3 cm³/mol. The maximum absolute atomic E-state index is 8.03. The summed E-state index contributed by atoms with van der Waals surface area (Å²) in [5.41, 5.74) is 0. The maximum Gasteiger partial charge on any atom is 0.0621 e. The van der Waals surface area contributed by atoms with E-state index in [0.29, 0.717) is 12.8 Å². The third-order valence-electron chi connectivity index (χ3n) is 0.827. The van der Waals surface area contributed by atoms with Crippen molar-refractivity contribution in [2.75, 3.05) is 0 Å². The van der Waals surface area contributed by atoms with Crippen molar-refractivity contribution in [2.45, 2.75) is 25.7 Å². The van der Waals surface area contributed by atoms with Crippen LogP contribution in [-0.2, 0) is 0 Å². The summed E-state index contributed by atoms with van der Waals surface area (Å²) in [4.78, 5) is 0. The Morgan fingerprint density at radius 3 is 1.44 bits per heavy atom. The summed E-state index contributed by atoms with van der Waals surface area (Å²) < 4.78 is 0. The van der Waals surface area contributed by atoms with Gasteiger partial charge in [-0.1, -0.05) is 0 Å². The fraction of sp³-hybridized carbons (Fsp3) is 0.667. The standard InChI is InChI=1S/C6H8N2.H2O/c7-5-3-1-2-4-6-8;/h1-4H2;1H2. The second kappa shape index (κ2) is 10.0. The van der Waals surface area contributed by atoms with Crippen molar-refractivity contribution in [3.05, 3.63) is 0 Å². The van der Waals surface area contributed by atoms with Gasteiger partial charge in [0.1, 0.15) is 0 Å². The van der Waals surface area contributed by atoms with Gasteiger partial charge in [0, 0.05) is 12.8 Å². The lowest BCUT2D eigenvalue weighted by Gasteiger charge is -1.83. The SMILES string of the molecule is N#CCCCCC#N.O. The smallest absolute Gasteiger partial charge is 0.0621 e. The number of nitrogens with zero attached hydrogens (tertiary/aromatic N) is 2. The molecule has 0 radical (unpaired) electrons. The molecule has 0 aliphatic heterocycles. The Morgan fingerprint density at radius 2 is 1.22 bits per heavy atom. The molecule has 0 bridgehead atoms. The molecule has 0 heterocycles. The molecular weight excluding hydrogens is 116 g/mol. The highest BCUT2D eigenvalue weighted by molar-refractivity contribution is 4.72. The lowest BCUT2D eigenvalue weighted by Crippen LogP contribution is -1.70. The molecule has 0 fully saturated rings. The highest BCUT2D eigenvalue weighted by atomic mass is 16.0. The molecule has 0 rings (SSSR count). The molecule has 3 heteroatoms. The number of nitriles is 2. The van der Waals surface area contributed by atoms with Crippen LogP contribution in [0.2, 0.25) is 0 Å². The monoisotopic (exact) mass is 126 g/mol. The van der Waals surface area contributed by atoms with Gasteiger partial charge in [0.05, 0.1) is 12.1 Å². The largest absolute Gasteiger partial charge is 0.412 e. The minimum Gasteiger partial charge on any atom is -0.412 e. The van der Waals surface area contributed by atoms with E-state index in [1.54, 1.807) is 0 Å². The minimum atomic E-state index is 0. The minimum absolute atomic E-state index is 0. The molecule has 2 N–H and O–H groups in total. The van der Waals surface area contributed by atoms with Gasteiger partial charge < -0.3 is 5.48 Å². The van der Waals surface area contributed by atoms with Crippen LogP contribution in [0.4, 0.5) is 0 Å². The molecule has 0 spiro atoms. The summed E-state index contributed by atoms with van der Waals surface area (Å²) >= 11 is 0. The van der Waals surface area contributed by atoms with Crippen molar-refractivity contribution in [1.82, 2.24) is 0 Å². The number of unbranched alkanes of at least 4 members (excludes halogenated alkanes) is 3.